The Morgan fingerprint density at radius 2 is 1.74 bits per heavy atom. The first-order chi connectivity index (χ1) is 13.1. The Morgan fingerprint density at radius 3 is 2.52 bits per heavy atom. The van der Waals surface area contributed by atoms with Gasteiger partial charge in [-0.1, -0.05) is 12.1 Å². The largest absolute Gasteiger partial charge is 0.497 e. The van der Waals surface area contributed by atoms with E-state index in [2.05, 4.69) is 15.1 Å². The molecule has 0 aliphatic rings. The van der Waals surface area contributed by atoms with Gasteiger partial charge in [-0.05, 0) is 35.9 Å². The van der Waals surface area contributed by atoms with Gasteiger partial charge in [0.25, 0.3) is 0 Å². The predicted octanol–water partition coefficient (Wildman–Crippen LogP) is 2.07. The Morgan fingerprint density at radius 1 is 0.963 bits per heavy atom. The van der Waals surface area contributed by atoms with Crippen molar-refractivity contribution in [2.45, 2.75) is 0 Å². The van der Waals surface area contributed by atoms with Gasteiger partial charge >= 0.3 is 11.2 Å². The molecule has 2 aromatic heterocycles. The standard InChI is InChI=1S/C19H16N4O4/c1-26-12-5-3-4-11(8-12)10-20-23-18(24)17-16(22-19(23)25)14-9-13(27-2)6-7-15(14)21-17/h3-10,21H,1-2H3,(H,22,25)/b20-10-. The van der Waals surface area contributed by atoms with E-state index in [0.29, 0.717) is 33.5 Å². The number of hydrogen-bond donors (Lipinski definition) is 2. The molecule has 0 saturated heterocycles. The van der Waals surface area contributed by atoms with Crippen molar-refractivity contribution in [3.63, 3.8) is 0 Å². The molecule has 2 heterocycles. The summed E-state index contributed by atoms with van der Waals surface area (Å²) in [7, 11) is 3.11. The van der Waals surface area contributed by atoms with Crippen molar-refractivity contribution in [1.82, 2.24) is 14.6 Å². The number of benzene rings is 2. The van der Waals surface area contributed by atoms with Crippen LogP contribution >= 0.6 is 0 Å². The summed E-state index contributed by atoms with van der Waals surface area (Å²) in [5.41, 5.74) is 0.931. The summed E-state index contributed by atoms with van der Waals surface area (Å²) >= 11 is 0. The van der Waals surface area contributed by atoms with E-state index in [4.69, 9.17) is 9.47 Å². The molecule has 0 aliphatic carbocycles. The highest BCUT2D eigenvalue weighted by atomic mass is 16.5. The molecule has 2 N–H and O–H groups in total. The van der Waals surface area contributed by atoms with Crippen LogP contribution in [0.5, 0.6) is 11.5 Å². The molecule has 0 fully saturated rings. The number of rotatable bonds is 4. The van der Waals surface area contributed by atoms with Gasteiger partial charge in [-0.25, -0.2) is 4.79 Å². The zero-order valence-electron chi connectivity index (χ0n) is 14.6. The Hall–Kier alpha value is -3.81. The summed E-state index contributed by atoms with van der Waals surface area (Å²) in [4.78, 5) is 30.9. The Balaban J connectivity index is 1.86. The van der Waals surface area contributed by atoms with E-state index in [9.17, 15) is 9.59 Å². The summed E-state index contributed by atoms with van der Waals surface area (Å²) in [5, 5.41) is 4.74. The van der Waals surface area contributed by atoms with Crippen LogP contribution in [0.15, 0.2) is 57.2 Å². The molecule has 8 heteroatoms. The number of nitrogens with one attached hydrogen (secondary N) is 2. The molecule has 0 aliphatic heterocycles. The number of methoxy groups -OCH3 is 2. The molecule has 27 heavy (non-hydrogen) atoms. The highest BCUT2D eigenvalue weighted by Gasteiger charge is 2.13. The van der Waals surface area contributed by atoms with E-state index in [-0.39, 0.29) is 5.52 Å². The van der Waals surface area contributed by atoms with E-state index in [1.54, 1.807) is 56.7 Å². The van der Waals surface area contributed by atoms with Gasteiger partial charge in [-0.15, -0.1) is 4.68 Å². The first-order valence-corrected chi connectivity index (χ1v) is 8.14. The second-order valence-electron chi connectivity index (χ2n) is 5.85. The first kappa shape index (κ1) is 16.6. The van der Waals surface area contributed by atoms with Gasteiger partial charge in [0.15, 0.2) is 0 Å². The first-order valence-electron chi connectivity index (χ1n) is 8.14. The topological polar surface area (TPSA) is 101 Å². The fourth-order valence-corrected chi connectivity index (χ4v) is 2.90. The molecule has 0 atom stereocenters. The van der Waals surface area contributed by atoms with Crippen LogP contribution in [-0.2, 0) is 0 Å². The van der Waals surface area contributed by atoms with Crippen LogP contribution in [0.2, 0.25) is 0 Å². The highest BCUT2D eigenvalue weighted by Crippen LogP contribution is 2.25. The number of fused-ring (bicyclic) bond motifs is 3. The van der Waals surface area contributed by atoms with Crippen molar-refractivity contribution in [2.24, 2.45) is 5.10 Å². The Kier molecular flexibility index (Phi) is 4.00. The van der Waals surface area contributed by atoms with E-state index < -0.39 is 11.2 Å². The third-order valence-corrected chi connectivity index (χ3v) is 4.25. The predicted molar refractivity (Wildman–Crippen MR) is 103 cm³/mol. The lowest BCUT2D eigenvalue weighted by atomic mass is 10.2. The molecule has 0 amide bonds. The van der Waals surface area contributed by atoms with Crippen LogP contribution < -0.4 is 20.7 Å². The second-order valence-corrected chi connectivity index (χ2v) is 5.85. The fraction of sp³-hybridized carbons (Fsp3) is 0.105. The maximum atomic E-state index is 12.8. The van der Waals surface area contributed by atoms with E-state index in [1.165, 1.54) is 6.21 Å². The zero-order valence-corrected chi connectivity index (χ0v) is 14.6. The molecule has 8 nitrogen and oxygen atoms in total. The second kappa shape index (κ2) is 6.49. The average Bonchev–Trinajstić information content (AvgIpc) is 3.06. The number of ether oxygens (including phenoxy) is 2. The van der Waals surface area contributed by atoms with Crippen molar-refractivity contribution in [2.75, 3.05) is 14.2 Å². The smallest absolute Gasteiger partial charge is 0.350 e. The van der Waals surface area contributed by atoms with Crippen molar-refractivity contribution in [1.29, 1.82) is 0 Å². The molecule has 136 valence electrons. The van der Waals surface area contributed by atoms with Gasteiger partial charge in [0.1, 0.15) is 17.0 Å². The monoisotopic (exact) mass is 364 g/mol. The lowest BCUT2D eigenvalue weighted by Crippen LogP contribution is -2.32. The molecule has 0 radical (unpaired) electrons. The minimum atomic E-state index is -0.629. The number of aromatic nitrogens is 3. The SMILES string of the molecule is COc1cccc(/C=N\n2c(=O)[nH]c3c([nH]c4ccc(OC)cc43)c2=O)c1. The molecule has 4 aromatic rings. The summed E-state index contributed by atoms with van der Waals surface area (Å²) < 4.78 is 11.1. The van der Waals surface area contributed by atoms with Crippen molar-refractivity contribution < 1.29 is 9.47 Å². The minimum Gasteiger partial charge on any atom is -0.497 e. The molecule has 0 saturated carbocycles. The lowest BCUT2D eigenvalue weighted by molar-refractivity contribution is 0.414. The maximum absolute atomic E-state index is 12.8. The van der Waals surface area contributed by atoms with Crippen LogP contribution in [0.1, 0.15) is 5.56 Å². The molecule has 0 unspecified atom stereocenters. The van der Waals surface area contributed by atoms with Gasteiger partial charge in [-0.2, -0.15) is 5.10 Å². The average molecular weight is 364 g/mol. The normalized spacial score (nSPS) is 11.5. The number of H-pyrrole nitrogens is 2. The maximum Gasteiger partial charge on any atom is 0.350 e. The van der Waals surface area contributed by atoms with Gasteiger partial charge in [0.2, 0.25) is 0 Å². The van der Waals surface area contributed by atoms with Crippen molar-refractivity contribution >= 4 is 28.2 Å². The van der Waals surface area contributed by atoms with E-state index >= 15 is 0 Å². The highest BCUT2D eigenvalue weighted by molar-refractivity contribution is 6.04. The lowest BCUT2D eigenvalue weighted by Gasteiger charge is -2.01. The molecular weight excluding hydrogens is 348 g/mol. The number of nitrogens with zero attached hydrogens (tertiary/aromatic N) is 2. The minimum absolute atomic E-state index is 0.264. The number of aromatic amines is 2. The molecular formula is C19H16N4O4. The summed E-state index contributed by atoms with van der Waals surface area (Å²) in [6.45, 7) is 0. The van der Waals surface area contributed by atoms with Crippen LogP contribution in [0.25, 0.3) is 21.9 Å². The Labute approximate surface area is 152 Å². The van der Waals surface area contributed by atoms with Crippen LogP contribution in [0.3, 0.4) is 0 Å². The van der Waals surface area contributed by atoms with Gasteiger partial charge < -0.3 is 19.4 Å². The fourth-order valence-electron chi connectivity index (χ4n) is 2.90. The van der Waals surface area contributed by atoms with E-state index in [1.807, 2.05) is 0 Å². The molecule has 2 aromatic carbocycles. The van der Waals surface area contributed by atoms with Gasteiger partial charge in [-0.3, -0.25) is 4.79 Å². The van der Waals surface area contributed by atoms with Gasteiger partial charge in [0, 0.05) is 10.9 Å². The molecule has 0 bridgehead atoms. The third-order valence-electron chi connectivity index (χ3n) is 4.25. The summed E-state index contributed by atoms with van der Waals surface area (Å²) in [6, 6.07) is 12.4. The Bertz CT molecular complexity index is 1300. The quantitative estimate of drug-likeness (QED) is 0.541. The number of hydrogen-bond acceptors (Lipinski definition) is 5. The van der Waals surface area contributed by atoms with E-state index in [0.717, 1.165) is 4.68 Å². The summed E-state index contributed by atoms with van der Waals surface area (Å²) in [5.74, 6) is 1.28. The van der Waals surface area contributed by atoms with Crippen LogP contribution in [0, 0.1) is 0 Å². The summed E-state index contributed by atoms with van der Waals surface area (Å²) in [6.07, 6.45) is 1.43. The van der Waals surface area contributed by atoms with Crippen molar-refractivity contribution in [3.05, 3.63) is 68.9 Å². The van der Waals surface area contributed by atoms with Gasteiger partial charge in [0.05, 0.1) is 26.0 Å². The molecule has 0 spiro atoms. The molecule has 4 rings (SSSR count). The zero-order chi connectivity index (χ0) is 19.0. The van der Waals surface area contributed by atoms with Crippen LogP contribution in [0.4, 0.5) is 0 Å². The van der Waals surface area contributed by atoms with Crippen molar-refractivity contribution in [3.8, 4) is 11.5 Å². The van der Waals surface area contributed by atoms with Crippen LogP contribution in [-0.4, -0.2) is 35.1 Å². The third kappa shape index (κ3) is 2.86.